The Kier molecular flexibility index (Phi) is 7.26. The predicted octanol–water partition coefficient (Wildman–Crippen LogP) is 6.89. The fourth-order valence-electron chi connectivity index (χ4n) is 5.79. The predicted molar refractivity (Wildman–Crippen MR) is 167 cm³/mol. The Morgan fingerprint density at radius 3 is 2.21 bits per heavy atom. The first-order valence-corrected chi connectivity index (χ1v) is 15.5. The van der Waals surface area contributed by atoms with E-state index in [1.165, 1.54) is 0 Å². The van der Waals surface area contributed by atoms with E-state index in [1.54, 1.807) is 12.1 Å². The number of aromatic hydroxyl groups is 2. The zero-order valence-electron chi connectivity index (χ0n) is 23.4. The molecule has 0 aliphatic carbocycles. The monoisotopic (exact) mass is 579 g/mol. The van der Waals surface area contributed by atoms with Gasteiger partial charge in [0, 0.05) is 23.1 Å². The molecule has 5 N–H and O–H groups in total. The van der Waals surface area contributed by atoms with E-state index in [1.807, 2.05) is 98.8 Å². The first kappa shape index (κ1) is 27.6. The van der Waals surface area contributed by atoms with E-state index in [0.717, 1.165) is 38.5 Å². The molecule has 0 saturated carbocycles. The Morgan fingerprint density at radius 2 is 1.48 bits per heavy atom. The van der Waals surface area contributed by atoms with Crippen LogP contribution in [0.2, 0.25) is 0 Å². The third kappa shape index (κ3) is 5.04. The van der Waals surface area contributed by atoms with Gasteiger partial charge in [0.1, 0.15) is 5.75 Å². The van der Waals surface area contributed by atoms with Crippen molar-refractivity contribution in [3.05, 3.63) is 125 Å². The van der Waals surface area contributed by atoms with E-state index < -0.39 is 15.9 Å². The van der Waals surface area contributed by atoms with Crippen LogP contribution >= 0.6 is 0 Å². The maximum atomic E-state index is 13.3. The summed E-state index contributed by atoms with van der Waals surface area (Å²) in [6.45, 7) is 4.05. The van der Waals surface area contributed by atoms with Crippen molar-refractivity contribution in [2.75, 3.05) is 6.54 Å². The highest BCUT2D eigenvalue weighted by Gasteiger charge is 2.31. The number of H-pyrrole nitrogens is 2. The number of aromatic nitrogens is 2. The average Bonchev–Trinajstić information content (AvgIpc) is 3.50. The molecule has 6 aromatic rings. The summed E-state index contributed by atoms with van der Waals surface area (Å²) in [5, 5.41) is 25.2. The number of hydrogen-bond acceptors (Lipinski definition) is 4. The lowest BCUT2D eigenvalue weighted by Crippen LogP contribution is -2.26. The largest absolute Gasteiger partial charge is 0.506 e. The van der Waals surface area contributed by atoms with E-state index >= 15 is 0 Å². The van der Waals surface area contributed by atoms with Crippen LogP contribution in [0.4, 0.5) is 0 Å². The van der Waals surface area contributed by atoms with Crippen LogP contribution in [0.5, 0.6) is 11.6 Å². The second-order valence-corrected chi connectivity index (χ2v) is 12.6. The molecule has 1 unspecified atom stereocenters. The summed E-state index contributed by atoms with van der Waals surface area (Å²) in [4.78, 5) is 6.73. The van der Waals surface area contributed by atoms with Crippen LogP contribution in [0.1, 0.15) is 53.8 Å². The van der Waals surface area contributed by atoms with Crippen LogP contribution in [0.3, 0.4) is 0 Å². The van der Waals surface area contributed by atoms with Crippen molar-refractivity contribution >= 4 is 31.7 Å². The Balaban J connectivity index is 1.40. The summed E-state index contributed by atoms with van der Waals surface area (Å²) in [6.07, 6.45) is 0.387. The van der Waals surface area contributed by atoms with Crippen LogP contribution in [0, 0.1) is 0 Å². The topological polar surface area (TPSA) is 118 Å². The van der Waals surface area contributed by atoms with Crippen LogP contribution < -0.4 is 4.72 Å². The molecule has 0 amide bonds. The van der Waals surface area contributed by atoms with E-state index in [0.29, 0.717) is 17.7 Å². The van der Waals surface area contributed by atoms with Crippen LogP contribution in [0.15, 0.2) is 102 Å². The molecule has 2 heterocycles. The van der Waals surface area contributed by atoms with E-state index in [2.05, 4.69) is 14.7 Å². The summed E-state index contributed by atoms with van der Waals surface area (Å²) in [5.74, 6) is -0.633. The smallest absolute Gasteiger partial charge is 0.240 e. The Morgan fingerprint density at radius 1 is 0.786 bits per heavy atom. The third-order valence-corrected chi connectivity index (χ3v) is 9.31. The molecule has 0 aliphatic heterocycles. The molecule has 0 saturated heterocycles. The number of rotatable bonds is 9. The summed E-state index contributed by atoms with van der Waals surface area (Å²) < 4.78 is 29.4. The lowest BCUT2D eigenvalue weighted by atomic mass is 9.86. The minimum Gasteiger partial charge on any atom is -0.506 e. The molecule has 2 aromatic heterocycles. The lowest BCUT2D eigenvalue weighted by molar-refractivity contribution is 0.439. The molecular formula is C34H33N3O4S. The fraction of sp³-hybridized carbons (Fsp3) is 0.176. The summed E-state index contributed by atoms with van der Waals surface area (Å²) >= 11 is 0. The minimum atomic E-state index is -3.76. The molecule has 0 aliphatic rings. The Labute approximate surface area is 244 Å². The molecule has 0 spiro atoms. The van der Waals surface area contributed by atoms with E-state index in [4.69, 9.17) is 0 Å². The van der Waals surface area contributed by atoms with Gasteiger partial charge in [-0.05, 0) is 52.4 Å². The van der Waals surface area contributed by atoms with Crippen LogP contribution in [-0.4, -0.2) is 35.1 Å². The highest BCUT2D eigenvalue weighted by Crippen LogP contribution is 2.46. The second kappa shape index (κ2) is 11.0. The summed E-state index contributed by atoms with van der Waals surface area (Å²) in [5.41, 5.74) is 4.40. The molecule has 6 rings (SSSR count). The molecule has 214 valence electrons. The van der Waals surface area contributed by atoms with E-state index in [9.17, 15) is 18.6 Å². The highest BCUT2D eigenvalue weighted by atomic mass is 32.2. The SMILES string of the molecule is CC(C)c1[nH]c(O)c(C(c2ccccc2)c2[nH]c3ccccc3c2CCNS(=O)(=O)c2ccc3ccccc3c2)c1O. The Hall–Kier alpha value is -4.53. The van der Waals surface area contributed by atoms with Crippen LogP contribution in [0.25, 0.3) is 21.7 Å². The molecule has 0 radical (unpaired) electrons. The van der Waals surface area contributed by atoms with Gasteiger partial charge in [-0.15, -0.1) is 0 Å². The quantitative estimate of drug-likeness (QED) is 0.128. The van der Waals surface area contributed by atoms with Gasteiger partial charge in [-0.1, -0.05) is 92.7 Å². The molecular weight excluding hydrogens is 546 g/mol. The standard InChI is InChI=1S/C34H33N3O4S/c1-21(2)31-33(38)30(34(39)37-31)29(23-11-4-3-5-12-23)32-27(26-14-8-9-15-28(26)36-32)18-19-35-42(40,41)25-17-16-22-10-6-7-13-24(22)20-25/h3-17,20-21,29,35-39H,18-19H2,1-2H3. The van der Waals surface area contributed by atoms with Crippen molar-refractivity contribution in [3.8, 4) is 11.6 Å². The first-order valence-electron chi connectivity index (χ1n) is 14.0. The molecule has 42 heavy (non-hydrogen) atoms. The van der Waals surface area contributed by atoms with Crippen molar-refractivity contribution in [2.45, 2.75) is 37.0 Å². The zero-order chi connectivity index (χ0) is 29.4. The minimum absolute atomic E-state index is 0.0259. The number of aromatic amines is 2. The van der Waals surface area contributed by atoms with Gasteiger partial charge in [0.2, 0.25) is 10.0 Å². The molecule has 8 heteroatoms. The van der Waals surface area contributed by atoms with Gasteiger partial charge in [-0.3, -0.25) is 0 Å². The number of sulfonamides is 1. The number of nitrogens with one attached hydrogen (secondary N) is 3. The first-order chi connectivity index (χ1) is 20.2. The molecule has 0 fully saturated rings. The summed E-state index contributed by atoms with van der Waals surface area (Å²) in [6, 6.07) is 30.3. The van der Waals surface area contributed by atoms with Crippen molar-refractivity contribution in [1.82, 2.24) is 14.7 Å². The summed E-state index contributed by atoms with van der Waals surface area (Å²) in [7, 11) is -3.76. The van der Waals surface area contributed by atoms with E-state index in [-0.39, 0.29) is 29.0 Å². The van der Waals surface area contributed by atoms with Gasteiger partial charge in [-0.2, -0.15) is 0 Å². The zero-order valence-corrected chi connectivity index (χ0v) is 24.2. The van der Waals surface area contributed by atoms with Crippen LogP contribution in [-0.2, 0) is 16.4 Å². The van der Waals surface area contributed by atoms with Crippen molar-refractivity contribution < 1.29 is 18.6 Å². The third-order valence-electron chi connectivity index (χ3n) is 7.85. The molecule has 4 aromatic carbocycles. The van der Waals surface area contributed by atoms with Gasteiger partial charge in [0.05, 0.1) is 22.1 Å². The van der Waals surface area contributed by atoms with Crippen molar-refractivity contribution in [1.29, 1.82) is 0 Å². The fourth-order valence-corrected chi connectivity index (χ4v) is 6.86. The van der Waals surface area contributed by atoms with Gasteiger partial charge in [0.15, 0.2) is 5.88 Å². The lowest BCUT2D eigenvalue weighted by Gasteiger charge is -2.19. The number of benzene rings is 4. The second-order valence-electron chi connectivity index (χ2n) is 10.9. The average molecular weight is 580 g/mol. The van der Waals surface area contributed by atoms with Gasteiger partial charge in [0.25, 0.3) is 0 Å². The van der Waals surface area contributed by atoms with Gasteiger partial charge >= 0.3 is 0 Å². The van der Waals surface area contributed by atoms with Gasteiger partial charge in [-0.25, -0.2) is 13.1 Å². The molecule has 7 nitrogen and oxygen atoms in total. The number of fused-ring (bicyclic) bond motifs is 2. The maximum absolute atomic E-state index is 13.3. The Bertz CT molecular complexity index is 1990. The normalized spacial score (nSPS) is 12.8. The highest BCUT2D eigenvalue weighted by molar-refractivity contribution is 7.89. The maximum Gasteiger partial charge on any atom is 0.240 e. The van der Waals surface area contributed by atoms with Gasteiger partial charge < -0.3 is 20.2 Å². The number of hydrogen-bond donors (Lipinski definition) is 5. The van der Waals surface area contributed by atoms with Crippen molar-refractivity contribution in [3.63, 3.8) is 0 Å². The molecule has 1 atom stereocenters. The van der Waals surface area contributed by atoms with Crippen molar-refractivity contribution in [2.24, 2.45) is 0 Å². The number of para-hydroxylation sites is 1. The molecule has 0 bridgehead atoms.